The Balaban J connectivity index is 0.00000144. The average molecular weight is 201 g/mol. The molecule has 2 heteroatoms. The van der Waals surface area contributed by atoms with Crippen molar-refractivity contribution in [1.82, 2.24) is 0 Å². The predicted octanol–water partition coefficient (Wildman–Crippen LogP) is 4.01. The predicted molar refractivity (Wildman–Crippen MR) is 58.5 cm³/mol. The van der Waals surface area contributed by atoms with Gasteiger partial charge in [-0.05, 0) is 18.1 Å². The first-order valence-electron chi connectivity index (χ1n) is 4.07. The van der Waals surface area contributed by atoms with Crippen LogP contribution in [0.25, 0.3) is 0 Å². The molecule has 0 aliphatic rings. The van der Waals surface area contributed by atoms with Crippen molar-refractivity contribution in [2.45, 2.75) is 21.3 Å². The lowest BCUT2D eigenvalue weighted by molar-refractivity contribution is 0.271. The molecule has 1 aromatic carbocycles. The molecule has 0 aliphatic heterocycles. The molecule has 13 heavy (non-hydrogen) atoms. The van der Waals surface area contributed by atoms with Gasteiger partial charge in [-0.2, -0.15) is 0 Å². The summed E-state index contributed by atoms with van der Waals surface area (Å²) in [4.78, 5) is 0. The van der Waals surface area contributed by atoms with E-state index in [1.165, 1.54) is 0 Å². The second kappa shape index (κ2) is 5.87. The lowest BCUT2D eigenvalue weighted by atomic mass is 10.2. The molecule has 1 nitrogen and oxygen atoms in total. The smallest absolute Gasteiger partial charge is 0.137 e. The minimum atomic E-state index is 0. The Kier molecular flexibility index (Phi) is 5.56. The molecular weight excluding hydrogens is 184 g/mol. The van der Waals surface area contributed by atoms with Crippen molar-refractivity contribution >= 4 is 11.6 Å². The summed E-state index contributed by atoms with van der Waals surface area (Å²) in [6, 6.07) is 7.52. The monoisotopic (exact) mass is 200 g/mol. The second-order valence-electron chi connectivity index (χ2n) is 3.14. The number of halogens is 1. The third-order valence-corrected chi connectivity index (χ3v) is 1.72. The van der Waals surface area contributed by atoms with Crippen LogP contribution >= 0.6 is 11.6 Å². The standard InChI is InChI=1S/C10H13ClO.CH4/c1-8(2)7-12-10-6-4-3-5-9(10)11;/h3-6,8H,7H2,1-2H3;1H4. The lowest BCUT2D eigenvalue weighted by Crippen LogP contribution is -2.04. The largest absolute Gasteiger partial charge is 0.492 e. The van der Waals surface area contributed by atoms with E-state index < -0.39 is 0 Å². The van der Waals surface area contributed by atoms with Crippen LogP contribution in [0.15, 0.2) is 24.3 Å². The van der Waals surface area contributed by atoms with E-state index in [1.807, 2.05) is 24.3 Å². The van der Waals surface area contributed by atoms with Crippen molar-refractivity contribution in [3.05, 3.63) is 29.3 Å². The maximum Gasteiger partial charge on any atom is 0.137 e. The van der Waals surface area contributed by atoms with Gasteiger partial charge in [0.15, 0.2) is 0 Å². The van der Waals surface area contributed by atoms with Crippen molar-refractivity contribution in [2.24, 2.45) is 5.92 Å². The Morgan fingerprint density at radius 1 is 1.31 bits per heavy atom. The molecule has 0 atom stereocenters. The van der Waals surface area contributed by atoms with Crippen LogP contribution in [0.4, 0.5) is 0 Å². The fourth-order valence-corrected chi connectivity index (χ4v) is 1.01. The van der Waals surface area contributed by atoms with E-state index >= 15 is 0 Å². The summed E-state index contributed by atoms with van der Waals surface area (Å²) in [5.41, 5.74) is 0. The third-order valence-electron chi connectivity index (χ3n) is 1.41. The lowest BCUT2D eigenvalue weighted by Gasteiger charge is -2.09. The highest BCUT2D eigenvalue weighted by molar-refractivity contribution is 6.32. The number of ether oxygens (including phenoxy) is 1. The zero-order valence-corrected chi connectivity index (χ0v) is 8.14. The Hall–Kier alpha value is -0.690. The molecule has 0 saturated carbocycles. The first-order valence-corrected chi connectivity index (χ1v) is 4.45. The minimum absolute atomic E-state index is 0. The first-order chi connectivity index (χ1) is 5.70. The average Bonchev–Trinajstić information content (AvgIpc) is 2.03. The molecule has 0 bridgehead atoms. The molecular formula is C11H17ClO. The third kappa shape index (κ3) is 4.18. The van der Waals surface area contributed by atoms with E-state index in [0.717, 1.165) is 5.75 Å². The van der Waals surface area contributed by atoms with E-state index in [0.29, 0.717) is 17.5 Å². The van der Waals surface area contributed by atoms with Crippen LogP contribution in [0.5, 0.6) is 5.75 Å². The van der Waals surface area contributed by atoms with E-state index in [2.05, 4.69) is 13.8 Å². The van der Waals surface area contributed by atoms with Gasteiger partial charge >= 0.3 is 0 Å². The molecule has 0 amide bonds. The molecule has 0 fully saturated rings. The normalized spacial score (nSPS) is 9.54. The number of hydrogen-bond acceptors (Lipinski definition) is 1. The molecule has 1 aromatic rings. The highest BCUT2D eigenvalue weighted by Gasteiger charge is 2.00. The Morgan fingerprint density at radius 2 is 1.92 bits per heavy atom. The fraction of sp³-hybridized carbons (Fsp3) is 0.455. The summed E-state index contributed by atoms with van der Waals surface area (Å²) in [5.74, 6) is 1.30. The number of para-hydroxylation sites is 1. The van der Waals surface area contributed by atoms with Gasteiger partial charge in [0.2, 0.25) is 0 Å². The summed E-state index contributed by atoms with van der Waals surface area (Å²) >= 11 is 5.88. The van der Waals surface area contributed by atoms with Crippen LogP contribution in [0, 0.1) is 5.92 Å². The number of hydrogen-bond donors (Lipinski definition) is 0. The van der Waals surface area contributed by atoms with E-state index in [9.17, 15) is 0 Å². The molecule has 0 N–H and O–H groups in total. The van der Waals surface area contributed by atoms with Gasteiger partial charge in [-0.25, -0.2) is 0 Å². The molecule has 0 heterocycles. The summed E-state index contributed by atoms with van der Waals surface area (Å²) < 4.78 is 5.47. The first kappa shape index (κ1) is 12.3. The van der Waals surface area contributed by atoms with Crippen LogP contribution in [0.3, 0.4) is 0 Å². The molecule has 0 aromatic heterocycles. The molecule has 0 unspecified atom stereocenters. The molecule has 0 radical (unpaired) electrons. The van der Waals surface area contributed by atoms with E-state index in [-0.39, 0.29) is 7.43 Å². The maximum absolute atomic E-state index is 5.88. The zero-order chi connectivity index (χ0) is 8.97. The zero-order valence-electron chi connectivity index (χ0n) is 7.38. The highest BCUT2D eigenvalue weighted by Crippen LogP contribution is 2.23. The molecule has 0 spiro atoms. The molecule has 74 valence electrons. The SMILES string of the molecule is C.CC(C)COc1ccccc1Cl. The second-order valence-corrected chi connectivity index (χ2v) is 3.54. The summed E-state index contributed by atoms with van der Waals surface area (Å²) in [5, 5.41) is 0.679. The number of rotatable bonds is 3. The van der Waals surface area contributed by atoms with Crippen molar-refractivity contribution in [3.8, 4) is 5.75 Å². The van der Waals surface area contributed by atoms with Gasteiger partial charge in [0.1, 0.15) is 5.75 Å². The van der Waals surface area contributed by atoms with Crippen molar-refractivity contribution in [3.63, 3.8) is 0 Å². The Bertz CT molecular complexity index is 246. The Morgan fingerprint density at radius 3 is 2.46 bits per heavy atom. The molecule has 0 saturated heterocycles. The highest BCUT2D eigenvalue weighted by atomic mass is 35.5. The van der Waals surface area contributed by atoms with Crippen molar-refractivity contribution < 1.29 is 4.74 Å². The van der Waals surface area contributed by atoms with E-state index in [4.69, 9.17) is 16.3 Å². The van der Waals surface area contributed by atoms with Crippen LogP contribution in [0.1, 0.15) is 21.3 Å². The Labute approximate surface area is 85.7 Å². The van der Waals surface area contributed by atoms with Gasteiger partial charge in [0.05, 0.1) is 11.6 Å². The molecule has 0 aliphatic carbocycles. The van der Waals surface area contributed by atoms with Gasteiger partial charge in [-0.15, -0.1) is 0 Å². The van der Waals surface area contributed by atoms with Gasteiger partial charge in [0.25, 0.3) is 0 Å². The quantitative estimate of drug-likeness (QED) is 0.717. The summed E-state index contributed by atoms with van der Waals surface area (Å²) in [6.45, 7) is 4.93. The summed E-state index contributed by atoms with van der Waals surface area (Å²) in [7, 11) is 0. The van der Waals surface area contributed by atoms with Crippen molar-refractivity contribution in [1.29, 1.82) is 0 Å². The van der Waals surface area contributed by atoms with Crippen LogP contribution < -0.4 is 4.74 Å². The van der Waals surface area contributed by atoms with Gasteiger partial charge in [-0.3, -0.25) is 0 Å². The maximum atomic E-state index is 5.88. The van der Waals surface area contributed by atoms with Crippen molar-refractivity contribution in [2.75, 3.05) is 6.61 Å². The molecule has 1 rings (SSSR count). The van der Waals surface area contributed by atoms with Gasteiger partial charge in [0, 0.05) is 0 Å². The van der Waals surface area contributed by atoms with Crippen LogP contribution in [-0.2, 0) is 0 Å². The fourth-order valence-electron chi connectivity index (χ4n) is 0.818. The van der Waals surface area contributed by atoms with Gasteiger partial charge in [-0.1, -0.05) is 45.0 Å². The van der Waals surface area contributed by atoms with Crippen LogP contribution in [-0.4, -0.2) is 6.61 Å². The van der Waals surface area contributed by atoms with Gasteiger partial charge < -0.3 is 4.74 Å². The minimum Gasteiger partial charge on any atom is -0.492 e. The topological polar surface area (TPSA) is 9.23 Å². The summed E-state index contributed by atoms with van der Waals surface area (Å²) in [6.07, 6.45) is 0. The van der Waals surface area contributed by atoms with E-state index in [1.54, 1.807) is 0 Å². The van der Waals surface area contributed by atoms with Crippen LogP contribution in [0.2, 0.25) is 5.02 Å². The number of benzene rings is 1.